The van der Waals surface area contributed by atoms with Gasteiger partial charge in [0.2, 0.25) is 5.91 Å². The van der Waals surface area contributed by atoms with Gasteiger partial charge in [0, 0.05) is 10.7 Å². The van der Waals surface area contributed by atoms with Gasteiger partial charge in [-0.05, 0) is 42.2 Å². The van der Waals surface area contributed by atoms with Crippen molar-refractivity contribution in [1.82, 2.24) is 10.2 Å². The zero-order chi connectivity index (χ0) is 20.5. The zero-order valence-corrected chi connectivity index (χ0v) is 16.7. The lowest BCUT2D eigenvalue weighted by Crippen LogP contribution is -2.42. The van der Waals surface area contributed by atoms with E-state index >= 15 is 0 Å². The minimum Gasteiger partial charge on any atom is -0.324 e. The lowest BCUT2D eigenvalue weighted by Gasteiger charge is -2.22. The van der Waals surface area contributed by atoms with Gasteiger partial charge in [-0.1, -0.05) is 55.8 Å². The van der Waals surface area contributed by atoms with Crippen LogP contribution in [0.3, 0.4) is 0 Å². The van der Waals surface area contributed by atoms with Crippen LogP contribution in [0.2, 0.25) is 5.02 Å². The maximum absolute atomic E-state index is 12.9. The van der Waals surface area contributed by atoms with E-state index in [0.717, 1.165) is 10.5 Å². The van der Waals surface area contributed by atoms with E-state index < -0.39 is 23.4 Å². The molecule has 2 aromatic rings. The van der Waals surface area contributed by atoms with Crippen molar-refractivity contribution < 1.29 is 14.4 Å². The lowest BCUT2D eigenvalue weighted by atomic mass is 9.90. The fourth-order valence-corrected chi connectivity index (χ4v) is 3.34. The Morgan fingerprint density at radius 3 is 2.46 bits per heavy atom. The SMILES string of the molecule is CC(C)c1ccc([C@]2(C)NC(=O)N(CC(=O)Nc3cccc(Cl)c3)C2=O)cc1. The summed E-state index contributed by atoms with van der Waals surface area (Å²) in [7, 11) is 0. The second kappa shape index (κ2) is 7.64. The summed E-state index contributed by atoms with van der Waals surface area (Å²) in [4.78, 5) is 38.6. The summed E-state index contributed by atoms with van der Waals surface area (Å²) in [6.45, 7) is 5.43. The molecule has 0 saturated carbocycles. The number of carbonyl (C=O) groups is 3. The van der Waals surface area contributed by atoms with Gasteiger partial charge in [-0.25, -0.2) is 4.79 Å². The molecule has 1 saturated heterocycles. The molecule has 7 heteroatoms. The summed E-state index contributed by atoms with van der Waals surface area (Å²) >= 11 is 5.90. The molecule has 0 aliphatic carbocycles. The first-order chi connectivity index (χ1) is 13.2. The Bertz CT molecular complexity index is 927. The van der Waals surface area contributed by atoms with Crippen molar-refractivity contribution in [2.24, 2.45) is 0 Å². The third-order valence-corrected chi connectivity index (χ3v) is 5.07. The van der Waals surface area contributed by atoms with Gasteiger partial charge in [0.25, 0.3) is 5.91 Å². The van der Waals surface area contributed by atoms with E-state index in [1.165, 1.54) is 0 Å². The van der Waals surface area contributed by atoms with E-state index in [1.54, 1.807) is 31.2 Å². The monoisotopic (exact) mass is 399 g/mol. The predicted molar refractivity (Wildman–Crippen MR) is 108 cm³/mol. The minimum atomic E-state index is -1.21. The first kappa shape index (κ1) is 19.9. The van der Waals surface area contributed by atoms with Gasteiger partial charge in [-0.15, -0.1) is 0 Å². The van der Waals surface area contributed by atoms with Crippen molar-refractivity contribution in [2.75, 3.05) is 11.9 Å². The van der Waals surface area contributed by atoms with Gasteiger partial charge in [-0.2, -0.15) is 0 Å². The topological polar surface area (TPSA) is 78.5 Å². The first-order valence-electron chi connectivity index (χ1n) is 9.00. The molecule has 0 spiro atoms. The van der Waals surface area contributed by atoms with Gasteiger partial charge in [-0.3, -0.25) is 14.5 Å². The highest BCUT2D eigenvalue weighted by Gasteiger charge is 2.49. The number of hydrogen-bond acceptors (Lipinski definition) is 3. The van der Waals surface area contributed by atoms with Crippen molar-refractivity contribution >= 4 is 35.1 Å². The average molecular weight is 400 g/mol. The molecule has 0 bridgehead atoms. The third-order valence-electron chi connectivity index (χ3n) is 4.84. The van der Waals surface area contributed by atoms with Gasteiger partial charge in [0.15, 0.2) is 0 Å². The number of imide groups is 1. The van der Waals surface area contributed by atoms with Gasteiger partial charge in [0.1, 0.15) is 12.1 Å². The fourth-order valence-electron chi connectivity index (χ4n) is 3.15. The van der Waals surface area contributed by atoms with Crippen LogP contribution in [0, 0.1) is 0 Å². The molecule has 2 aromatic carbocycles. The number of hydrogen-bond donors (Lipinski definition) is 2. The number of halogens is 1. The number of nitrogens with zero attached hydrogens (tertiary/aromatic N) is 1. The molecule has 28 heavy (non-hydrogen) atoms. The van der Waals surface area contributed by atoms with E-state index in [2.05, 4.69) is 24.5 Å². The molecule has 4 amide bonds. The van der Waals surface area contributed by atoms with Crippen molar-refractivity contribution in [3.8, 4) is 0 Å². The van der Waals surface area contributed by atoms with E-state index in [9.17, 15) is 14.4 Å². The molecule has 2 N–H and O–H groups in total. The molecule has 1 atom stereocenters. The van der Waals surface area contributed by atoms with Crippen LogP contribution in [0.25, 0.3) is 0 Å². The molecule has 0 radical (unpaired) electrons. The predicted octanol–water partition coefficient (Wildman–Crippen LogP) is 3.87. The van der Waals surface area contributed by atoms with E-state index in [0.29, 0.717) is 22.2 Å². The Morgan fingerprint density at radius 1 is 1.18 bits per heavy atom. The molecule has 0 unspecified atom stereocenters. The summed E-state index contributed by atoms with van der Waals surface area (Å²) < 4.78 is 0. The molecular weight excluding hydrogens is 378 g/mol. The van der Waals surface area contributed by atoms with Crippen LogP contribution in [0.15, 0.2) is 48.5 Å². The molecule has 1 heterocycles. The largest absolute Gasteiger partial charge is 0.325 e. The summed E-state index contributed by atoms with van der Waals surface area (Å²) in [5.74, 6) is -0.580. The van der Waals surface area contributed by atoms with Gasteiger partial charge >= 0.3 is 6.03 Å². The molecule has 1 aliphatic heterocycles. The average Bonchev–Trinajstić information content (AvgIpc) is 2.86. The smallest absolute Gasteiger partial charge is 0.324 e. The number of amides is 4. The molecular formula is C21H22ClN3O3. The standard InChI is InChI=1S/C21H22ClN3O3/c1-13(2)14-7-9-15(10-8-14)21(3)19(27)25(20(28)24-21)12-18(26)23-17-6-4-5-16(22)11-17/h4-11,13H,12H2,1-3H3,(H,23,26)(H,24,28)/t21-/m0/s1. The maximum Gasteiger partial charge on any atom is 0.325 e. The second-order valence-corrected chi connectivity index (χ2v) is 7.72. The second-order valence-electron chi connectivity index (χ2n) is 7.28. The first-order valence-corrected chi connectivity index (χ1v) is 9.38. The van der Waals surface area contributed by atoms with Gasteiger partial charge in [0.05, 0.1) is 0 Å². The Hall–Kier alpha value is -2.86. The number of urea groups is 1. The Kier molecular flexibility index (Phi) is 5.42. The maximum atomic E-state index is 12.9. The van der Waals surface area contributed by atoms with E-state index in [1.807, 2.05) is 24.3 Å². The molecule has 1 fully saturated rings. The number of benzene rings is 2. The molecule has 1 aliphatic rings. The summed E-state index contributed by atoms with van der Waals surface area (Å²) in [5.41, 5.74) is 1.11. The highest BCUT2D eigenvalue weighted by Crippen LogP contribution is 2.30. The Morgan fingerprint density at radius 2 is 1.86 bits per heavy atom. The van der Waals surface area contributed by atoms with Crippen LogP contribution in [0.4, 0.5) is 10.5 Å². The highest BCUT2D eigenvalue weighted by atomic mass is 35.5. The van der Waals surface area contributed by atoms with Crippen LogP contribution in [-0.2, 0) is 15.1 Å². The fraction of sp³-hybridized carbons (Fsp3) is 0.286. The number of nitrogens with one attached hydrogen (secondary N) is 2. The molecule has 3 rings (SSSR count). The molecule has 146 valence electrons. The van der Waals surface area contributed by atoms with Crippen molar-refractivity contribution in [3.63, 3.8) is 0 Å². The van der Waals surface area contributed by atoms with Crippen molar-refractivity contribution in [2.45, 2.75) is 32.2 Å². The Balaban J connectivity index is 1.74. The minimum absolute atomic E-state index is 0.363. The number of carbonyl (C=O) groups excluding carboxylic acids is 3. The highest BCUT2D eigenvalue weighted by molar-refractivity contribution is 6.30. The van der Waals surface area contributed by atoms with Crippen molar-refractivity contribution in [3.05, 3.63) is 64.7 Å². The Labute approximate surface area is 168 Å². The van der Waals surface area contributed by atoms with Gasteiger partial charge < -0.3 is 10.6 Å². The summed E-state index contributed by atoms with van der Waals surface area (Å²) in [6, 6.07) is 13.6. The zero-order valence-electron chi connectivity index (χ0n) is 16.0. The van der Waals surface area contributed by atoms with Crippen LogP contribution < -0.4 is 10.6 Å². The normalized spacial score (nSPS) is 19.1. The third kappa shape index (κ3) is 3.87. The lowest BCUT2D eigenvalue weighted by molar-refractivity contribution is -0.133. The summed E-state index contributed by atoms with van der Waals surface area (Å²) in [6.07, 6.45) is 0. The van der Waals surface area contributed by atoms with Crippen LogP contribution in [0.5, 0.6) is 0 Å². The van der Waals surface area contributed by atoms with Crippen LogP contribution in [-0.4, -0.2) is 29.3 Å². The summed E-state index contributed by atoms with van der Waals surface area (Å²) in [5, 5.41) is 5.83. The van der Waals surface area contributed by atoms with Crippen LogP contribution in [0.1, 0.15) is 37.8 Å². The molecule has 6 nitrogen and oxygen atoms in total. The molecule has 0 aromatic heterocycles. The van der Waals surface area contributed by atoms with Crippen LogP contribution >= 0.6 is 11.6 Å². The quantitative estimate of drug-likeness (QED) is 0.749. The van der Waals surface area contributed by atoms with Crippen molar-refractivity contribution in [1.29, 1.82) is 0 Å². The number of anilines is 1. The van der Waals surface area contributed by atoms with E-state index in [4.69, 9.17) is 11.6 Å². The number of rotatable bonds is 5. The van der Waals surface area contributed by atoms with E-state index in [-0.39, 0.29) is 6.54 Å².